The highest BCUT2D eigenvalue weighted by Crippen LogP contribution is 2.45. The van der Waals surface area contributed by atoms with E-state index in [9.17, 15) is 9.59 Å². The number of para-hydroxylation sites is 1. The van der Waals surface area contributed by atoms with Crippen molar-refractivity contribution in [1.29, 1.82) is 0 Å². The molecule has 4 aromatic rings. The number of Topliss-reactive ketones (excluding diaryl/α,β-unsaturated/α-hetero) is 1. The molecule has 1 amide bonds. The van der Waals surface area contributed by atoms with Crippen molar-refractivity contribution in [2.24, 2.45) is 16.3 Å². The number of fused-ring (bicyclic) bond motifs is 1. The molecule has 2 heterocycles. The lowest BCUT2D eigenvalue weighted by Gasteiger charge is -2.33. The van der Waals surface area contributed by atoms with Gasteiger partial charge in [0.15, 0.2) is 5.78 Å². The molecule has 0 bridgehead atoms. The molecule has 0 aliphatic heterocycles. The van der Waals surface area contributed by atoms with Gasteiger partial charge < -0.3 is 9.73 Å². The first-order valence-corrected chi connectivity index (χ1v) is 13.8. The van der Waals surface area contributed by atoms with E-state index in [1.165, 1.54) is 4.88 Å². The van der Waals surface area contributed by atoms with Crippen molar-refractivity contribution in [3.8, 4) is 11.3 Å². The van der Waals surface area contributed by atoms with Crippen LogP contribution in [0.1, 0.15) is 71.0 Å². The number of hydrogen-bond donors (Lipinski definition) is 1. The van der Waals surface area contributed by atoms with Crippen molar-refractivity contribution >= 4 is 39.9 Å². The van der Waals surface area contributed by atoms with Crippen LogP contribution in [0.3, 0.4) is 0 Å². The van der Waals surface area contributed by atoms with Gasteiger partial charge in [0.2, 0.25) is 0 Å². The maximum absolute atomic E-state index is 13.5. The van der Waals surface area contributed by atoms with Crippen molar-refractivity contribution in [1.82, 2.24) is 0 Å². The minimum atomic E-state index is -0.124. The monoisotopic (exact) mass is 524 g/mol. The molecule has 0 radical (unpaired) electrons. The highest BCUT2D eigenvalue weighted by molar-refractivity contribution is 7.16. The summed E-state index contributed by atoms with van der Waals surface area (Å²) in [6.45, 7) is 8.43. The molecular formula is C32H32N2O3S. The first-order valence-electron chi connectivity index (χ1n) is 13.0. The maximum atomic E-state index is 13.5. The zero-order valence-corrected chi connectivity index (χ0v) is 23.0. The highest BCUT2D eigenvalue weighted by Gasteiger charge is 2.33. The number of furan rings is 1. The molecule has 0 unspecified atom stereocenters. The second-order valence-corrected chi connectivity index (χ2v) is 12.0. The van der Waals surface area contributed by atoms with E-state index >= 15 is 0 Å². The van der Waals surface area contributed by atoms with Crippen molar-refractivity contribution in [2.75, 3.05) is 5.32 Å². The Labute approximate surface area is 227 Å². The van der Waals surface area contributed by atoms with Crippen LogP contribution in [0, 0.1) is 11.3 Å². The zero-order chi connectivity index (χ0) is 26.9. The average molecular weight is 525 g/mol. The van der Waals surface area contributed by atoms with Gasteiger partial charge in [-0.1, -0.05) is 63.2 Å². The number of carbonyl (C=O) groups excluding carboxylic acids is 2. The number of carbonyl (C=O) groups is 2. The van der Waals surface area contributed by atoms with Gasteiger partial charge >= 0.3 is 0 Å². The number of thiophene rings is 1. The van der Waals surface area contributed by atoms with Crippen LogP contribution in [0.25, 0.3) is 11.3 Å². The third kappa shape index (κ3) is 5.55. The summed E-state index contributed by atoms with van der Waals surface area (Å²) in [6, 6.07) is 20.6. The molecule has 0 spiro atoms. The fourth-order valence-corrected chi connectivity index (χ4v) is 6.19. The van der Waals surface area contributed by atoms with Crippen LogP contribution in [0.15, 0.2) is 76.1 Å². The number of anilines is 1. The standard InChI is InChI=1S/C32H32N2O3S/c1-20(35)21-10-12-22(13-11-21)27-17-15-25(37-27)19-33-31-29(30(36)34-24-8-6-5-7-9-24)26-16-14-23(32(2,3)4)18-28(26)38-31/h5-13,15,17,19,23H,14,16,18H2,1-4H3,(H,34,36)/t23-/m1/s1. The van der Waals surface area contributed by atoms with Gasteiger partial charge in [-0.25, -0.2) is 4.99 Å². The summed E-state index contributed by atoms with van der Waals surface area (Å²) in [5.74, 6) is 1.77. The number of benzene rings is 2. The molecular weight excluding hydrogens is 492 g/mol. The van der Waals surface area contributed by atoms with Crippen LogP contribution in [-0.4, -0.2) is 17.9 Å². The fraction of sp³-hybridized carbons (Fsp3) is 0.281. The molecule has 0 saturated heterocycles. The lowest BCUT2D eigenvalue weighted by molar-refractivity contribution is 0.101. The quantitative estimate of drug-likeness (QED) is 0.203. The Kier molecular flexibility index (Phi) is 7.17. The molecule has 6 heteroatoms. The van der Waals surface area contributed by atoms with E-state index in [2.05, 4.69) is 26.1 Å². The summed E-state index contributed by atoms with van der Waals surface area (Å²) >= 11 is 1.62. The zero-order valence-electron chi connectivity index (χ0n) is 22.2. The topological polar surface area (TPSA) is 71.7 Å². The molecule has 0 saturated carbocycles. The van der Waals surface area contributed by atoms with E-state index in [1.54, 1.807) is 36.6 Å². The van der Waals surface area contributed by atoms with E-state index in [1.807, 2.05) is 54.6 Å². The van der Waals surface area contributed by atoms with Gasteiger partial charge in [0.05, 0.1) is 11.8 Å². The Balaban J connectivity index is 1.44. The summed E-state index contributed by atoms with van der Waals surface area (Å²) in [4.78, 5) is 31.1. The molecule has 5 nitrogen and oxygen atoms in total. The summed E-state index contributed by atoms with van der Waals surface area (Å²) in [5, 5.41) is 3.77. The Morgan fingerprint density at radius 2 is 1.76 bits per heavy atom. The van der Waals surface area contributed by atoms with E-state index in [-0.39, 0.29) is 17.1 Å². The van der Waals surface area contributed by atoms with Crippen LogP contribution >= 0.6 is 11.3 Å². The number of nitrogens with one attached hydrogen (secondary N) is 1. The van der Waals surface area contributed by atoms with Gasteiger partial charge in [-0.15, -0.1) is 11.3 Å². The number of rotatable bonds is 6. The Morgan fingerprint density at radius 1 is 1.03 bits per heavy atom. The minimum absolute atomic E-state index is 0.0309. The van der Waals surface area contributed by atoms with Crippen LogP contribution in [-0.2, 0) is 12.8 Å². The van der Waals surface area contributed by atoms with E-state index in [4.69, 9.17) is 9.41 Å². The van der Waals surface area contributed by atoms with Crippen molar-refractivity contribution in [2.45, 2.75) is 47.0 Å². The number of ketones is 1. The first-order chi connectivity index (χ1) is 18.2. The van der Waals surface area contributed by atoms with Crippen LogP contribution in [0.5, 0.6) is 0 Å². The molecule has 1 aliphatic carbocycles. The molecule has 2 aromatic heterocycles. The van der Waals surface area contributed by atoms with Crippen LogP contribution in [0.4, 0.5) is 10.7 Å². The largest absolute Gasteiger partial charge is 0.455 e. The SMILES string of the molecule is CC(=O)c1ccc(-c2ccc(C=Nc3sc4c(c3C(=O)Nc3ccccc3)CC[C@@H](C(C)(C)C)C4)o2)cc1. The first kappa shape index (κ1) is 25.9. The predicted octanol–water partition coefficient (Wildman–Crippen LogP) is 8.36. The van der Waals surface area contributed by atoms with Gasteiger partial charge in [0, 0.05) is 21.7 Å². The van der Waals surface area contributed by atoms with Crippen molar-refractivity contribution < 1.29 is 14.0 Å². The third-order valence-corrected chi connectivity index (χ3v) is 8.40. The Morgan fingerprint density at radius 3 is 2.45 bits per heavy atom. The second kappa shape index (κ2) is 10.5. The second-order valence-electron chi connectivity index (χ2n) is 10.9. The van der Waals surface area contributed by atoms with Gasteiger partial charge in [0.1, 0.15) is 16.5 Å². The lowest BCUT2D eigenvalue weighted by atomic mass is 9.72. The van der Waals surface area contributed by atoms with Gasteiger partial charge in [-0.2, -0.15) is 0 Å². The number of nitrogens with zero attached hydrogens (tertiary/aromatic N) is 1. The molecule has 1 aliphatic rings. The number of amides is 1. The van der Waals surface area contributed by atoms with Crippen molar-refractivity contribution in [3.05, 3.63) is 94.1 Å². The molecule has 0 fully saturated rings. The maximum Gasteiger partial charge on any atom is 0.259 e. The van der Waals surface area contributed by atoms with Gasteiger partial charge in [-0.05, 0) is 67.3 Å². The smallest absolute Gasteiger partial charge is 0.259 e. The number of hydrogen-bond acceptors (Lipinski definition) is 5. The minimum Gasteiger partial charge on any atom is -0.455 e. The molecule has 38 heavy (non-hydrogen) atoms. The highest BCUT2D eigenvalue weighted by atomic mass is 32.1. The fourth-order valence-electron chi connectivity index (χ4n) is 4.92. The average Bonchev–Trinajstić information content (AvgIpc) is 3.51. The molecule has 2 aromatic carbocycles. The van der Waals surface area contributed by atoms with Gasteiger partial charge in [-0.3, -0.25) is 9.59 Å². The Hall–Kier alpha value is -3.77. The van der Waals surface area contributed by atoms with Gasteiger partial charge in [0.25, 0.3) is 5.91 Å². The number of aliphatic imine (C=N–C) groups is 1. The normalized spacial score (nSPS) is 15.4. The van der Waals surface area contributed by atoms with Crippen LogP contribution in [0.2, 0.25) is 0 Å². The van der Waals surface area contributed by atoms with E-state index < -0.39 is 0 Å². The van der Waals surface area contributed by atoms with Crippen LogP contribution < -0.4 is 5.32 Å². The van der Waals surface area contributed by atoms with E-state index in [0.717, 1.165) is 36.1 Å². The molecule has 5 rings (SSSR count). The predicted molar refractivity (Wildman–Crippen MR) is 155 cm³/mol. The molecule has 1 N–H and O–H groups in total. The van der Waals surface area contributed by atoms with Crippen molar-refractivity contribution in [3.63, 3.8) is 0 Å². The summed E-state index contributed by atoms with van der Waals surface area (Å²) in [6.07, 6.45) is 4.59. The molecule has 1 atom stereocenters. The molecule has 194 valence electrons. The summed E-state index contributed by atoms with van der Waals surface area (Å²) in [5.41, 5.74) is 4.33. The Bertz CT molecular complexity index is 1490. The summed E-state index contributed by atoms with van der Waals surface area (Å²) < 4.78 is 6.02. The van der Waals surface area contributed by atoms with E-state index in [0.29, 0.717) is 33.6 Å². The summed E-state index contributed by atoms with van der Waals surface area (Å²) in [7, 11) is 0. The lowest BCUT2D eigenvalue weighted by Crippen LogP contribution is -2.27. The third-order valence-electron chi connectivity index (χ3n) is 7.24.